The first-order chi connectivity index (χ1) is 9.60. The van der Waals surface area contributed by atoms with Crippen LogP contribution in [0.4, 0.5) is 5.69 Å². The van der Waals surface area contributed by atoms with Gasteiger partial charge in [-0.05, 0) is 41.3 Å². The highest BCUT2D eigenvalue weighted by Crippen LogP contribution is 2.19. The predicted molar refractivity (Wildman–Crippen MR) is 82.8 cm³/mol. The SMILES string of the molecule is CC(C)c1cccc(NC(=O)c2ccc(CN)cc2)c1. The normalized spacial score (nSPS) is 10.6. The maximum absolute atomic E-state index is 12.2. The highest BCUT2D eigenvalue weighted by Gasteiger charge is 2.07. The highest BCUT2D eigenvalue weighted by molar-refractivity contribution is 6.04. The lowest BCUT2D eigenvalue weighted by molar-refractivity contribution is 0.102. The average molecular weight is 268 g/mol. The summed E-state index contributed by atoms with van der Waals surface area (Å²) in [4.78, 5) is 12.2. The molecule has 0 aliphatic carbocycles. The fraction of sp³-hybridized carbons (Fsp3) is 0.235. The van der Waals surface area contributed by atoms with Crippen LogP contribution in [0.3, 0.4) is 0 Å². The molecule has 0 aliphatic rings. The van der Waals surface area contributed by atoms with Crippen molar-refractivity contribution in [2.24, 2.45) is 5.73 Å². The number of hydrogen-bond acceptors (Lipinski definition) is 2. The van der Waals surface area contributed by atoms with Crippen LogP contribution in [0.25, 0.3) is 0 Å². The van der Waals surface area contributed by atoms with Gasteiger partial charge >= 0.3 is 0 Å². The number of carbonyl (C=O) groups excluding carboxylic acids is 1. The summed E-state index contributed by atoms with van der Waals surface area (Å²) in [6.45, 7) is 4.75. The summed E-state index contributed by atoms with van der Waals surface area (Å²) in [7, 11) is 0. The summed E-state index contributed by atoms with van der Waals surface area (Å²) in [5.74, 6) is 0.338. The number of nitrogens with two attached hydrogens (primary N) is 1. The van der Waals surface area contributed by atoms with Gasteiger partial charge in [-0.15, -0.1) is 0 Å². The van der Waals surface area contributed by atoms with Crippen molar-refractivity contribution in [3.63, 3.8) is 0 Å². The summed E-state index contributed by atoms with van der Waals surface area (Å²) in [6.07, 6.45) is 0. The van der Waals surface area contributed by atoms with Crippen LogP contribution in [0.15, 0.2) is 48.5 Å². The van der Waals surface area contributed by atoms with Crippen LogP contribution < -0.4 is 11.1 Å². The summed E-state index contributed by atoms with van der Waals surface area (Å²) in [6, 6.07) is 15.3. The zero-order valence-electron chi connectivity index (χ0n) is 11.9. The van der Waals surface area contributed by atoms with E-state index in [1.807, 2.05) is 30.3 Å². The molecule has 0 saturated carbocycles. The van der Waals surface area contributed by atoms with Gasteiger partial charge in [0.05, 0.1) is 0 Å². The monoisotopic (exact) mass is 268 g/mol. The molecule has 0 aromatic heterocycles. The van der Waals surface area contributed by atoms with Gasteiger partial charge in [-0.2, -0.15) is 0 Å². The molecule has 1 amide bonds. The first-order valence-electron chi connectivity index (χ1n) is 6.80. The van der Waals surface area contributed by atoms with Crippen LogP contribution in [0, 0.1) is 0 Å². The molecule has 0 saturated heterocycles. The summed E-state index contributed by atoms with van der Waals surface area (Å²) in [5, 5.41) is 2.92. The third-order valence-corrected chi connectivity index (χ3v) is 3.26. The molecule has 0 fully saturated rings. The molecule has 2 aromatic rings. The predicted octanol–water partition coefficient (Wildman–Crippen LogP) is 3.52. The third kappa shape index (κ3) is 3.45. The minimum Gasteiger partial charge on any atom is -0.326 e. The molecular formula is C17H20N2O. The lowest BCUT2D eigenvalue weighted by atomic mass is 10.0. The molecule has 3 N–H and O–H groups in total. The third-order valence-electron chi connectivity index (χ3n) is 3.26. The van der Waals surface area contributed by atoms with Crippen molar-refractivity contribution in [1.82, 2.24) is 0 Å². The Hall–Kier alpha value is -2.13. The van der Waals surface area contributed by atoms with Crippen LogP contribution >= 0.6 is 0 Å². The van der Waals surface area contributed by atoms with E-state index >= 15 is 0 Å². The molecule has 0 heterocycles. The van der Waals surface area contributed by atoms with E-state index in [4.69, 9.17) is 5.73 Å². The van der Waals surface area contributed by atoms with Gasteiger partial charge < -0.3 is 11.1 Å². The van der Waals surface area contributed by atoms with Crippen molar-refractivity contribution in [1.29, 1.82) is 0 Å². The molecule has 3 heteroatoms. The molecule has 3 nitrogen and oxygen atoms in total. The van der Waals surface area contributed by atoms with Crippen molar-refractivity contribution in [3.05, 3.63) is 65.2 Å². The van der Waals surface area contributed by atoms with Gasteiger partial charge in [-0.1, -0.05) is 38.1 Å². The Kier molecular flexibility index (Phi) is 4.53. The van der Waals surface area contributed by atoms with Crippen LogP contribution in [0.2, 0.25) is 0 Å². The Morgan fingerprint density at radius 3 is 2.45 bits per heavy atom. The van der Waals surface area contributed by atoms with Gasteiger partial charge in [-0.25, -0.2) is 0 Å². The number of carbonyl (C=O) groups is 1. The van der Waals surface area contributed by atoms with Crippen molar-refractivity contribution in [2.45, 2.75) is 26.3 Å². The summed E-state index contributed by atoms with van der Waals surface area (Å²) >= 11 is 0. The molecule has 0 bridgehead atoms. The van der Waals surface area contributed by atoms with Gasteiger partial charge in [0.2, 0.25) is 0 Å². The maximum Gasteiger partial charge on any atom is 0.255 e. The van der Waals surface area contributed by atoms with E-state index in [2.05, 4.69) is 25.2 Å². The van der Waals surface area contributed by atoms with Crippen molar-refractivity contribution < 1.29 is 4.79 Å². The second-order valence-electron chi connectivity index (χ2n) is 5.14. The molecule has 0 radical (unpaired) electrons. The summed E-state index contributed by atoms with van der Waals surface area (Å²) in [5.41, 5.74) is 9.23. The average Bonchev–Trinajstić information content (AvgIpc) is 2.47. The summed E-state index contributed by atoms with van der Waals surface area (Å²) < 4.78 is 0. The molecule has 0 unspecified atom stereocenters. The fourth-order valence-corrected chi connectivity index (χ4v) is 1.97. The Morgan fingerprint density at radius 2 is 1.85 bits per heavy atom. The molecule has 104 valence electrons. The lowest BCUT2D eigenvalue weighted by Crippen LogP contribution is -2.12. The topological polar surface area (TPSA) is 55.1 Å². The van der Waals surface area contributed by atoms with Gasteiger partial charge in [0.1, 0.15) is 0 Å². The van der Waals surface area contributed by atoms with E-state index < -0.39 is 0 Å². The molecule has 0 spiro atoms. The number of anilines is 1. The zero-order chi connectivity index (χ0) is 14.5. The van der Waals surface area contributed by atoms with E-state index in [1.165, 1.54) is 5.56 Å². The number of benzene rings is 2. The van der Waals surface area contributed by atoms with Gasteiger partial charge in [-0.3, -0.25) is 4.79 Å². The number of amides is 1. The molecule has 20 heavy (non-hydrogen) atoms. The van der Waals surface area contributed by atoms with Crippen molar-refractivity contribution in [3.8, 4) is 0 Å². The fourth-order valence-electron chi connectivity index (χ4n) is 1.97. The van der Waals surface area contributed by atoms with E-state index in [9.17, 15) is 4.79 Å². The first kappa shape index (κ1) is 14.3. The van der Waals surface area contributed by atoms with E-state index in [1.54, 1.807) is 12.1 Å². The van der Waals surface area contributed by atoms with E-state index in [-0.39, 0.29) is 5.91 Å². The largest absolute Gasteiger partial charge is 0.326 e. The number of rotatable bonds is 4. The Labute approximate surface area is 119 Å². The minimum absolute atomic E-state index is 0.102. The van der Waals surface area contributed by atoms with Crippen molar-refractivity contribution >= 4 is 11.6 Å². The molecule has 0 aliphatic heterocycles. The highest BCUT2D eigenvalue weighted by atomic mass is 16.1. The van der Waals surface area contributed by atoms with Crippen molar-refractivity contribution in [2.75, 3.05) is 5.32 Å². The van der Waals surface area contributed by atoms with Crippen LogP contribution in [0.5, 0.6) is 0 Å². The Bertz CT molecular complexity index is 588. The first-order valence-corrected chi connectivity index (χ1v) is 6.80. The van der Waals surface area contributed by atoms with Gasteiger partial charge in [0.15, 0.2) is 0 Å². The van der Waals surface area contributed by atoms with Crippen LogP contribution in [-0.4, -0.2) is 5.91 Å². The maximum atomic E-state index is 12.2. The quantitative estimate of drug-likeness (QED) is 0.891. The molecule has 2 rings (SSSR count). The standard InChI is InChI=1S/C17H20N2O/c1-12(2)15-4-3-5-16(10-15)19-17(20)14-8-6-13(11-18)7-9-14/h3-10,12H,11,18H2,1-2H3,(H,19,20). The lowest BCUT2D eigenvalue weighted by Gasteiger charge is -2.10. The molecular weight excluding hydrogens is 248 g/mol. The number of hydrogen-bond donors (Lipinski definition) is 2. The Balaban J connectivity index is 2.12. The molecule has 0 atom stereocenters. The zero-order valence-corrected chi connectivity index (χ0v) is 11.9. The van der Waals surface area contributed by atoms with E-state index in [0.717, 1.165) is 11.3 Å². The Morgan fingerprint density at radius 1 is 1.15 bits per heavy atom. The van der Waals surface area contributed by atoms with E-state index in [0.29, 0.717) is 18.0 Å². The number of nitrogens with one attached hydrogen (secondary N) is 1. The van der Waals surface area contributed by atoms with Gasteiger partial charge in [0, 0.05) is 17.8 Å². The second kappa shape index (κ2) is 6.35. The molecule has 2 aromatic carbocycles. The smallest absolute Gasteiger partial charge is 0.255 e. The second-order valence-corrected chi connectivity index (χ2v) is 5.14. The van der Waals surface area contributed by atoms with Gasteiger partial charge in [0.25, 0.3) is 5.91 Å². The van der Waals surface area contributed by atoms with Crippen LogP contribution in [0.1, 0.15) is 41.3 Å². The minimum atomic E-state index is -0.102. The van der Waals surface area contributed by atoms with Crippen LogP contribution in [-0.2, 0) is 6.54 Å².